The fourth-order valence-electron chi connectivity index (χ4n) is 2.47. The maximum atomic E-state index is 12.2. The fourth-order valence-corrected chi connectivity index (χ4v) is 2.47. The molecular weight excluding hydrogens is 330 g/mol. The molecule has 0 unspecified atom stereocenters. The van der Waals surface area contributed by atoms with Crippen molar-refractivity contribution in [1.82, 2.24) is 10.2 Å². The number of hydrogen-bond acceptors (Lipinski definition) is 4. The Hall–Kier alpha value is -1.93. The lowest BCUT2D eigenvalue weighted by molar-refractivity contribution is 0.0376. The quantitative estimate of drug-likeness (QED) is 0.398. The van der Waals surface area contributed by atoms with E-state index in [1.54, 1.807) is 18.2 Å². The number of rotatable bonds is 9. The molecule has 140 valence electrons. The van der Waals surface area contributed by atoms with Gasteiger partial charge in [-0.25, -0.2) is 13.8 Å². The van der Waals surface area contributed by atoms with E-state index in [9.17, 15) is 8.78 Å². The SMILES string of the molecule is NC(=NCc1cccc(OCC(F)F)c1)NCCCN1CCOCC1. The molecule has 0 amide bonds. The van der Waals surface area contributed by atoms with Crippen molar-refractivity contribution in [1.29, 1.82) is 0 Å². The van der Waals surface area contributed by atoms with Gasteiger partial charge in [0.05, 0.1) is 19.8 Å². The van der Waals surface area contributed by atoms with Crippen LogP contribution in [0.25, 0.3) is 0 Å². The van der Waals surface area contributed by atoms with Gasteiger partial charge < -0.3 is 20.5 Å². The number of nitrogens with two attached hydrogens (primary N) is 1. The minimum atomic E-state index is -2.49. The molecule has 0 aromatic heterocycles. The first-order valence-corrected chi connectivity index (χ1v) is 8.47. The number of hydrogen-bond donors (Lipinski definition) is 2. The van der Waals surface area contributed by atoms with Crippen molar-refractivity contribution >= 4 is 5.96 Å². The Balaban J connectivity index is 1.66. The van der Waals surface area contributed by atoms with Crippen molar-refractivity contribution in [3.8, 4) is 5.75 Å². The van der Waals surface area contributed by atoms with Gasteiger partial charge in [-0.3, -0.25) is 4.90 Å². The Kier molecular flexibility index (Phi) is 8.41. The first-order chi connectivity index (χ1) is 12.1. The van der Waals surface area contributed by atoms with Gasteiger partial charge in [0.1, 0.15) is 12.4 Å². The van der Waals surface area contributed by atoms with E-state index in [-0.39, 0.29) is 0 Å². The van der Waals surface area contributed by atoms with E-state index in [2.05, 4.69) is 15.2 Å². The summed E-state index contributed by atoms with van der Waals surface area (Å²) in [6.07, 6.45) is -1.51. The molecule has 6 nitrogen and oxygen atoms in total. The van der Waals surface area contributed by atoms with Crippen LogP contribution in [0.2, 0.25) is 0 Å². The van der Waals surface area contributed by atoms with Crippen LogP contribution in [0, 0.1) is 0 Å². The molecule has 1 aliphatic rings. The predicted octanol–water partition coefficient (Wildman–Crippen LogP) is 1.46. The highest BCUT2D eigenvalue weighted by Gasteiger charge is 2.09. The van der Waals surface area contributed by atoms with Crippen molar-refractivity contribution in [3.05, 3.63) is 29.8 Å². The molecule has 1 aliphatic heterocycles. The Morgan fingerprint density at radius 2 is 2.16 bits per heavy atom. The zero-order valence-electron chi connectivity index (χ0n) is 14.3. The second-order valence-corrected chi connectivity index (χ2v) is 5.79. The summed E-state index contributed by atoms with van der Waals surface area (Å²) in [7, 11) is 0. The Morgan fingerprint density at radius 3 is 2.92 bits per heavy atom. The number of guanidine groups is 1. The summed E-state index contributed by atoms with van der Waals surface area (Å²) >= 11 is 0. The average molecular weight is 356 g/mol. The monoisotopic (exact) mass is 356 g/mol. The van der Waals surface area contributed by atoms with E-state index >= 15 is 0 Å². The summed E-state index contributed by atoms with van der Waals surface area (Å²) in [4.78, 5) is 6.63. The molecule has 8 heteroatoms. The van der Waals surface area contributed by atoms with Crippen LogP contribution in [0.4, 0.5) is 8.78 Å². The zero-order valence-corrected chi connectivity index (χ0v) is 14.3. The van der Waals surface area contributed by atoms with Crippen molar-refractivity contribution in [2.45, 2.75) is 19.4 Å². The number of alkyl halides is 2. The zero-order chi connectivity index (χ0) is 17.9. The average Bonchev–Trinajstić information content (AvgIpc) is 2.63. The molecule has 1 aromatic rings. The van der Waals surface area contributed by atoms with Crippen LogP contribution in [0.1, 0.15) is 12.0 Å². The molecule has 0 spiro atoms. The standard InChI is InChI=1S/C17H26F2N4O2/c18-16(19)13-25-15-4-1-3-14(11-15)12-22-17(20)21-5-2-6-23-7-9-24-10-8-23/h1,3-4,11,16H,2,5-10,12-13H2,(H3,20,21,22). The van der Waals surface area contributed by atoms with Gasteiger partial charge in [-0.1, -0.05) is 12.1 Å². The van der Waals surface area contributed by atoms with E-state index < -0.39 is 13.0 Å². The number of nitrogens with zero attached hydrogens (tertiary/aromatic N) is 2. The first kappa shape index (κ1) is 19.4. The maximum absolute atomic E-state index is 12.2. The number of aliphatic imine (C=N–C) groups is 1. The van der Waals surface area contributed by atoms with Crippen LogP contribution < -0.4 is 15.8 Å². The minimum Gasteiger partial charge on any atom is -0.488 e. The predicted molar refractivity (Wildman–Crippen MR) is 93.1 cm³/mol. The maximum Gasteiger partial charge on any atom is 0.272 e. The minimum absolute atomic E-state index is 0.369. The van der Waals surface area contributed by atoms with Gasteiger partial charge in [0, 0.05) is 19.6 Å². The van der Waals surface area contributed by atoms with Gasteiger partial charge in [0.15, 0.2) is 5.96 Å². The summed E-state index contributed by atoms with van der Waals surface area (Å²) in [6.45, 7) is 5.08. The largest absolute Gasteiger partial charge is 0.488 e. The van der Waals surface area contributed by atoms with Crippen LogP contribution in [-0.2, 0) is 11.3 Å². The molecule has 1 heterocycles. The molecule has 1 fully saturated rings. The summed E-state index contributed by atoms with van der Waals surface area (Å²) in [5.74, 6) is 0.783. The second kappa shape index (κ2) is 10.8. The number of morpholine rings is 1. The number of benzene rings is 1. The van der Waals surface area contributed by atoms with Crippen molar-refractivity contribution in [3.63, 3.8) is 0 Å². The van der Waals surface area contributed by atoms with E-state index in [1.165, 1.54) is 0 Å². The number of halogens is 2. The Labute approximate surface area is 147 Å². The highest BCUT2D eigenvalue weighted by atomic mass is 19.3. The molecule has 0 radical (unpaired) electrons. The number of nitrogens with one attached hydrogen (secondary N) is 1. The van der Waals surface area contributed by atoms with Crippen LogP contribution in [0.5, 0.6) is 5.75 Å². The van der Waals surface area contributed by atoms with Gasteiger partial charge in [0.2, 0.25) is 0 Å². The normalized spacial score (nSPS) is 16.2. The fraction of sp³-hybridized carbons (Fsp3) is 0.588. The van der Waals surface area contributed by atoms with Crippen LogP contribution >= 0.6 is 0 Å². The second-order valence-electron chi connectivity index (χ2n) is 5.79. The molecule has 0 bridgehead atoms. The van der Waals surface area contributed by atoms with Gasteiger partial charge in [0.25, 0.3) is 6.43 Å². The smallest absolute Gasteiger partial charge is 0.272 e. The van der Waals surface area contributed by atoms with Crippen LogP contribution in [-0.4, -0.2) is 63.3 Å². The third-order valence-electron chi connectivity index (χ3n) is 3.77. The molecule has 3 N–H and O–H groups in total. The third-order valence-corrected chi connectivity index (χ3v) is 3.77. The van der Waals surface area contributed by atoms with Crippen molar-refractivity contribution in [2.24, 2.45) is 10.7 Å². The molecule has 0 atom stereocenters. The lowest BCUT2D eigenvalue weighted by Gasteiger charge is -2.26. The van der Waals surface area contributed by atoms with E-state index in [1.807, 2.05) is 6.07 Å². The van der Waals surface area contributed by atoms with E-state index in [0.717, 1.165) is 51.4 Å². The van der Waals surface area contributed by atoms with Crippen molar-refractivity contribution in [2.75, 3.05) is 46.0 Å². The lowest BCUT2D eigenvalue weighted by atomic mass is 10.2. The molecule has 25 heavy (non-hydrogen) atoms. The highest BCUT2D eigenvalue weighted by molar-refractivity contribution is 5.77. The summed E-state index contributed by atoms with van der Waals surface area (Å²) < 4.78 is 34.6. The third kappa shape index (κ3) is 8.13. The highest BCUT2D eigenvalue weighted by Crippen LogP contribution is 2.14. The van der Waals surface area contributed by atoms with Crippen molar-refractivity contribution < 1.29 is 18.3 Å². The van der Waals surface area contributed by atoms with Gasteiger partial charge in [-0.05, 0) is 30.7 Å². The number of ether oxygens (including phenoxy) is 2. The first-order valence-electron chi connectivity index (χ1n) is 8.47. The summed E-state index contributed by atoms with van der Waals surface area (Å²) in [5.41, 5.74) is 6.70. The van der Waals surface area contributed by atoms with Crippen LogP contribution in [0.15, 0.2) is 29.3 Å². The van der Waals surface area contributed by atoms with Gasteiger partial charge >= 0.3 is 0 Å². The van der Waals surface area contributed by atoms with E-state index in [4.69, 9.17) is 15.2 Å². The lowest BCUT2D eigenvalue weighted by Crippen LogP contribution is -2.39. The molecule has 0 saturated carbocycles. The summed E-state index contributed by atoms with van der Waals surface area (Å²) in [6, 6.07) is 6.93. The van der Waals surface area contributed by atoms with Gasteiger partial charge in [-0.2, -0.15) is 0 Å². The summed E-state index contributed by atoms with van der Waals surface area (Å²) in [5, 5.41) is 3.09. The Bertz CT molecular complexity index is 537. The molecule has 0 aliphatic carbocycles. The molecule has 1 aromatic carbocycles. The molecule has 1 saturated heterocycles. The molecular formula is C17H26F2N4O2. The van der Waals surface area contributed by atoms with Crippen LogP contribution in [0.3, 0.4) is 0 Å². The van der Waals surface area contributed by atoms with E-state index in [0.29, 0.717) is 18.3 Å². The topological polar surface area (TPSA) is 72.1 Å². The van der Waals surface area contributed by atoms with Gasteiger partial charge in [-0.15, -0.1) is 0 Å². The Morgan fingerprint density at radius 1 is 1.36 bits per heavy atom. The molecule has 2 rings (SSSR count).